The highest BCUT2D eigenvalue weighted by atomic mass is 35.5. The Morgan fingerprint density at radius 1 is 1.03 bits per heavy atom. The molecule has 0 saturated carbocycles. The van der Waals surface area contributed by atoms with Crippen LogP contribution in [0.25, 0.3) is 22.0 Å². The third kappa shape index (κ3) is 4.98. The Bertz CT molecular complexity index is 1190. The third-order valence-corrected chi connectivity index (χ3v) is 5.51. The van der Waals surface area contributed by atoms with Crippen molar-refractivity contribution in [3.05, 3.63) is 82.7 Å². The van der Waals surface area contributed by atoms with Crippen LogP contribution in [0.15, 0.2) is 72.1 Å². The van der Waals surface area contributed by atoms with Gasteiger partial charge in [-0.2, -0.15) is 0 Å². The molecule has 144 valence electrons. The van der Waals surface area contributed by atoms with E-state index in [1.54, 1.807) is 12.1 Å². The molecule has 4 nitrogen and oxygen atoms in total. The average Bonchev–Trinajstić information content (AvgIpc) is 3.17. The maximum Gasteiger partial charge on any atom is 0.230 e. The van der Waals surface area contributed by atoms with Crippen LogP contribution >= 0.6 is 35.2 Å². The molecule has 0 bridgehead atoms. The number of fused-ring (bicyclic) bond motifs is 1. The van der Waals surface area contributed by atoms with Crippen molar-refractivity contribution in [2.75, 3.05) is 5.32 Å². The van der Waals surface area contributed by atoms with Gasteiger partial charge in [-0.1, -0.05) is 60.1 Å². The molecule has 0 aliphatic carbocycles. The molecule has 0 saturated heterocycles. The summed E-state index contributed by atoms with van der Waals surface area (Å²) < 4.78 is 0. The van der Waals surface area contributed by atoms with Gasteiger partial charge in [0.05, 0.1) is 12.1 Å². The number of thiocarbonyl (C=S) groups is 1. The summed E-state index contributed by atoms with van der Waals surface area (Å²) in [6.07, 6.45) is 0.221. The number of hydrogen-bond acceptors (Lipinski definition) is 4. The van der Waals surface area contributed by atoms with Gasteiger partial charge in [-0.15, -0.1) is 11.3 Å². The average molecular weight is 438 g/mol. The van der Waals surface area contributed by atoms with E-state index >= 15 is 0 Å². The first-order chi connectivity index (χ1) is 14.1. The molecule has 0 unspecified atom stereocenters. The number of amides is 1. The van der Waals surface area contributed by atoms with Gasteiger partial charge in [-0.3, -0.25) is 4.79 Å². The number of halogens is 1. The summed E-state index contributed by atoms with van der Waals surface area (Å²) in [5.41, 5.74) is 2.76. The third-order valence-electron chi connectivity index (χ3n) is 4.30. The lowest BCUT2D eigenvalue weighted by Crippen LogP contribution is -2.35. The van der Waals surface area contributed by atoms with Gasteiger partial charge in [0.25, 0.3) is 0 Å². The van der Waals surface area contributed by atoms with Gasteiger partial charge >= 0.3 is 0 Å². The Kier molecular flexibility index (Phi) is 5.85. The number of carbonyl (C=O) groups is 1. The normalized spacial score (nSPS) is 10.7. The first-order valence-electron chi connectivity index (χ1n) is 8.87. The lowest BCUT2D eigenvalue weighted by molar-refractivity contribution is -0.119. The largest absolute Gasteiger partial charge is 0.308 e. The maximum atomic E-state index is 12.2. The zero-order valence-electron chi connectivity index (χ0n) is 15.2. The van der Waals surface area contributed by atoms with Crippen LogP contribution in [-0.4, -0.2) is 16.0 Å². The van der Waals surface area contributed by atoms with Crippen molar-refractivity contribution in [3.8, 4) is 11.3 Å². The summed E-state index contributed by atoms with van der Waals surface area (Å²) in [4.78, 5) is 16.7. The molecular weight excluding hydrogens is 422 g/mol. The fourth-order valence-electron chi connectivity index (χ4n) is 2.90. The van der Waals surface area contributed by atoms with Crippen LogP contribution in [-0.2, 0) is 11.2 Å². The molecule has 0 fully saturated rings. The minimum absolute atomic E-state index is 0.198. The Morgan fingerprint density at radius 2 is 1.79 bits per heavy atom. The van der Waals surface area contributed by atoms with Crippen molar-refractivity contribution < 1.29 is 4.79 Å². The number of aromatic nitrogens is 1. The monoisotopic (exact) mass is 437 g/mol. The number of benzene rings is 3. The van der Waals surface area contributed by atoms with E-state index in [4.69, 9.17) is 23.8 Å². The van der Waals surface area contributed by atoms with E-state index in [2.05, 4.69) is 39.9 Å². The van der Waals surface area contributed by atoms with E-state index in [1.165, 1.54) is 16.7 Å². The molecule has 1 heterocycles. The predicted octanol–water partition coefficient (Wildman–Crippen LogP) is 5.67. The quantitative estimate of drug-likeness (QED) is 0.404. The predicted molar refractivity (Wildman–Crippen MR) is 125 cm³/mol. The molecule has 4 rings (SSSR count). The van der Waals surface area contributed by atoms with Crippen molar-refractivity contribution in [3.63, 3.8) is 0 Å². The van der Waals surface area contributed by atoms with Crippen molar-refractivity contribution in [2.24, 2.45) is 0 Å². The van der Waals surface area contributed by atoms with E-state index in [-0.39, 0.29) is 17.4 Å². The highest BCUT2D eigenvalue weighted by molar-refractivity contribution is 7.80. The Labute approximate surface area is 182 Å². The molecule has 0 atom stereocenters. The van der Waals surface area contributed by atoms with Gasteiger partial charge in [0, 0.05) is 16.0 Å². The molecule has 2 N–H and O–H groups in total. The van der Waals surface area contributed by atoms with Crippen molar-refractivity contribution in [1.82, 2.24) is 10.3 Å². The van der Waals surface area contributed by atoms with Crippen LogP contribution < -0.4 is 10.6 Å². The molecule has 0 spiro atoms. The molecule has 29 heavy (non-hydrogen) atoms. The second-order valence-corrected chi connectivity index (χ2v) is 8.11. The van der Waals surface area contributed by atoms with Crippen molar-refractivity contribution in [2.45, 2.75) is 6.42 Å². The zero-order valence-corrected chi connectivity index (χ0v) is 17.6. The summed E-state index contributed by atoms with van der Waals surface area (Å²) in [6, 6.07) is 21.6. The molecule has 0 aliphatic rings. The Morgan fingerprint density at radius 3 is 2.59 bits per heavy atom. The number of carbonyl (C=O) groups excluding carboxylic acids is 1. The standard InChI is InChI=1S/C22H16ClN3OS2/c23-18-9-5-14(6-10-18)11-20(27)25-21(28)26-22-24-19(13-29-22)17-8-7-15-3-1-2-4-16(15)12-17/h1-10,12-13H,11H2,(H2,24,25,26,27,28). The molecule has 0 radical (unpaired) electrons. The van der Waals surface area contributed by atoms with Gasteiger partial charge in [0.1, 0.15) is 0 Å². The fraction of sp³-hybridized carbons (Fsp3) is 0.0455. The SMILES string of the molecule is O=C(Cc1ccc(Cl)cc1)NC(=S)Nc1nc(-c2ccc3ccccc3c2)cs1. The first kappa shape index (κ1) is 19.5. The molecule has 3 aromatic carbocycles. The Hall–Kier alpha value is -2.80. The number of nitrogens with one attached hydrogen (secondary N) is 2. The van der Waals surface area contributed by atoms with Crippen molar-refractivity contribution in [1.29, 1.82) is 0 Å². The number of nitrogens with zero attached hydrogens (tertiary/aromatic N) is 1. The van der Waals surface area contributed by atoms with E-state index in [0.29, 0.717) is 10.2 Å². The molecule has 4 aromatic rings. The van der Waals surface area contributed by atoms with Crippen LogP contribution in [0.5, 0.6) is 0 Å². The number of hydrogen-bond donors (Lipinski definition) is 2. The van der Waals surface area contributed by atoms with Gasteiger partial charge in [-0.25, -0.2) is 4.98 Å². The van der Waals surface area contributed by atoms with E-state index in [0.717, 1.165) is 22.2 Å². The summed E-state index contributed by atoms with van der Waals surface area (Å²) in [6.45, 7) is 0. The smallest absolute Gasteiger partial charge is 0.230 e. The number of anilines is 1. The van der Waals surface area contributed by atoms with Crippen LogP contribution in [0.2, 0.25) is 5.02 Å². The summed E-state index contributed by atoms with van der Waals surface area (Å²) in [7, 11) is 0. The molecular formula is C22H16ClN3OS2. The minimum Gasteiger partial charge on any atom is -0.308 e. The van der Waals surface area contributed by atoms with Crippen LogP contribution in [0.4, 0.5) is 5.13 Å². The fourth-order valence-corrected chi connectivity index (χ4v) is 4.02. The van der Waals surface area contributed by atoms with Crippen molar-refractivity contribution >= 4 is 62.1 Å². The van der Waals surface area contributed by atoms with Crippen LogP contribution in [0, 0.1) is 0 Å². The second-order valence-electron chi connectivity index (χ2n) is 6.41. The van der Waals surface area contributed by atoms with Gasteiger partial charge < -0.3 is 10.6 Å². The van der Waals surface area contributed by atoms with Crippen LogP contribution in [0.1, 0.15) is 5.56 Å². The molecule has 1 amide bonds. The topological polar surface area (TPSA) is 54.0 Å². The zero-order chi connectivity index (χ0) is 20.2. The van der Waals surface area contributed by atoms with Gasteiger partial charge in [0.2, 0.25) is 5.91 Å². The minimum atomic E-state index is -0.198. The highest BCUT2D eigenvalue weighted by Crippen LogP contribution is 2.27. The molecule has 0 aliphatic heterocycles. The van der Waals surface area contributed by atoms with Gasteiger partial charge in [-0.05, 0) is 46.8 Å². The van der Waals surface area contributed by atoms with Crippen LogP contribution in [0.3, 0.4) is 0 Å². The number of thiazole rings is 1. The summed E-state index contributed by atoms with van der Waals surface area (Å²) in [5, 5.41) is 11.5. The summed E-state index contributed by atoms with van der Waals surface area (Å²) in [5.74, 6) is -0.198. The first-order valence-corrected chi connectivity index (χ1v) is 10.5. The second kappa shape index (κ2) is 8.69. The maximum absolute atomic E-state index is 12.2. The molecule has 1 aromatic heterocycles. The Balaban J connectivity index is 1.38. The lowest BCUT2D eigenvalue weighted by atomic mass is 10.1. The van der Waals surface area contributed by atoms with E-state index in [1.807, 2.05) is 35.7 Å². The molecule has 7 heteroatoms. The number of rotatable bonds is 4. The van der Waals surface area contributed by atoms with E-state index < -0.39 is 0 Å². The van der Waals surface area contributed by atoms with Gasteiger partial charge in [0.15, 0.2) is 10.2 Å². The van der Waals surface area contributed by atoms with E-state index in [9.17, 15) is 4.79 Å². The highest BCUT2D eigenvalue weighted by Gasteiger charge is 2.10. The lowest BCUT2D eigenvalue weighted by Gasteiger charge is -2.07. The summed E-state index contributed by atoms with van der Waals surface area (Å²) >= 11 is 12.5.